The van der Waals surface area contributed by atoms with Gasteiger partial charge >= 0.3 is 12.4 Å². The number of nitrogens with one attached hydrogen (secondary N) is 3. The van der Waals surface area contributed by atoms with Gasteiger partial charge in [-0.15, -0.1) is 0 Å². The smallest absolute Gasteiger partial charge is 0.360 e. The molecule has 0 bridgehead atoms. The maximum absolute atomic E-state index is 13.3. The van der Waals surface area contributed by atoms with Gasteiger partial charge in [0.05, 0.1) is 5.69 Å². The minimum Gasteiger partial charge on any atom is -0.360 e. The second-order valence-corrected chi connectivity index (χ2v) is 25.5. The second-order valence-electron chi connectivity index (χ2n) is 25.1. The van der Waals surface area contributed by atoms with Gasteiger partial charge in [-0.2, -0.15) is 36.5 Å². The van der Waals surface area contributed by atoms with Crippen molar-refractivity contribution in [2.24, 2.45) is 31.8 Å². The highest BCUT2D eigenvalue weighted by atomic mass is 35.5. The van der Waals surface area contributed by atoms with Crippen LogP contribution in [0.15, 0.2) is 47.0 Å². The lowest BCUT2D eigenvalue weighted by Crippen LogP contribution is -2.30. The van der Waals surface area contributed by atoms with Crippen molar-refractivity contribution < 1.29 is 74.0 Å². The second kappa shape index (κ2) is 28.0. The van der Waals surface area contributed by atoms with Crippen molar-refractivity contribution in [2.75, 3.05) is 19.6 Å². The Morgan fingerprint density at radius 2 is 0.860 bits per heavy atom. The zero-order valence-corrected chi connectivity index (χ0v) is 54.6. The van der Waals surface area contributed by atoms with Crippen LogP contribution in [-0.2, 0) is 55.2 Å². The monoisotopic (exact) mass is 1310 g/mol. The first kappa shape index (κ1) is 70.5. The number of carbonyl (C=O) groups excluding carboxylic acids is 9. The van der Waals surface area contributed by atoms with Crippen LogP contribution >= 0.6 is 11.6 Å². The fourth-order valence-electron chi connectivity index (χ4n) is 13.6. The number of aromatic nitrogens is 5. The molecule has 6 atom stereocenters. The van der Waals surface area contributed by atoms with E-state index in [1.807, 2.05) is 98.7 Å². The molecule has 3 N–H and O–H groups in total. The molecule has 4 aliphatic carbocycles. The zero-order chi connectivity index (χ0) is 68.6. The van der Waals surface area contributed by atoms with Gasteiger partial charge in [-0.3, -0.25) is 52.5 Å². The number of Topliss-reactive ketones (excluding diaryl/α,β-unsaturated/α-hetero) is 6. The third kappa shape index (κ3) is 15.5. The number of nitrogens with zero attached hydrogens (tertiary/aromatic N) is 5. The number of hydrogen-bond donors (Lipinski definition) is 3. The molecule has 6 aromatic rings. The SMILES string of the molecule is Cc1cc(C)c(C2C(=O)CC(CCNC(=O)c3c(C(F)(F)F)c(C)nn3C)C2=O)c(C)c1.Cc1cc(C)c(C2C(=O)CC(CCNC(=O)c3c(Cl)c(C(F)(F)F)nn3C)C2=O)c(C)c1.Cc1cc(C)c(C2C(=O)CC(CCNC(=O)c3cc(C4CC4)on3)C2=O)c(C)c1. The molecule has 6 unspecified atom stereocenters. The van der Waals surface area contributed by atoms with E-state index in [2.05, 4.69) is 31.3 Å². The van der Waals surface area contributed by atoms with Gasteiger partial charge in [0.25, 0.3) is 17.7 Å². The lowest BCUT2D eigenvalue weighted by atomic mass is 9.86. The highest BCUT2D eigenvalue weighted by Gasteiger charge is 2.47. The fraction of sp³-hybridized carbons (Fsp3) is 0.471. The molecule has 0 aliphatic heterocycles. The lowest BCUT2D eigenvalue weighted by molar-refractivity contribution is -0.141. The van der Waals surface area contributed by atoms with E-state index in [1.165, 1.54) is 21.0 Å². The Hall–Kier alpha value is -8.41. The molecule has 0 spiro atoms. The molecular formula is C68H75ClF6N8O10. The van der Waals surface area contributed by atoms with E-state index >= 15 is 0 Å². The van der Waals surface area contributed by atoms with E-state index < -0.39 is 81.4 Å². The first-order chi connectivity index (χ1) is 43.5. The molecule has 3 amide bonds. The zero-order valence-electron chi connectivity index (χ0n) is 53.8. The highest BCUT2D eigenvalue weighted by molar-refractivity contribution is 6.34. The van der Waals surface area contributed by atoms with Crippen LogP contribution in [0.5, 0.6) is 0 Å². The number of ketones is 6. The van der Waals surface area contributed by atoms with Gasteiger partial charge in [0.2, 0.25) is 0 Å². The molecule has 18 nitrogen and oxygen atoms in total. The molecule has 0 radical (unpaired) electrons. The number of hydrogen-bond acceptors (Lipinski definition) is 13. The van der Waals surface area contributed by atoms with Crippen LogP contribution in [0.1, 0.15) is 196 Å². The summed E-state index contributed by atoms with van der Waals surface area (Å²) in [5.74, 6) is -5.50. The van der Waals surface area contributed by atoms with Crippen molar-refractivity contribution in [1.82, 2.24) is 40.7 Å². The molecule has 93 heavy (non-hydrogen) atoms. The Morgan fingerprint density at radius 1 is 0.516 bits per heavy atom. The fourth-order valence-corrected chi connectivity index (χ4v) is 14.0. The van der Waals surface area contributed by atoms with E-state index in [9.17, 15) is 69.5 Å². The number of benzene rings is 3. The molecule has 4 aliphatic rings. The van der Waals surface area contributed by atoms with Crippen molar-refractivity contribution >= 4 is 64.0 Å². The summed E-state index contributed by atoms with van der Waals surface area (Å²) in [5.41, 5.74) is 7.62. The van der Waals surface area contributed by atoms with Crippen molar-refractivity contribution in [2.45, 2.75) is 157 Å². The van der Waals surface area contributed by atoms with Crippen LogP contribution in [0, 0.1) is 87.0 Å². The molecule has 4 saturated carbocycles. The Morgan fingerprint density at radius 3 is 1.19 bits per heavy atom. The third-order valence-corrected chi connectivity index (χ3v) is 18.1. The van der Waals surface area contributed by atoms with Gasteiger partial charge in [-0.25, -0.2) is 0 Å². The number of aryl methyl sites for hydroxylation is 12. The Kier molecular flexibility index (Phi) is 21.2. The standard InChI is InChI=1S/C23H26F3N3O3.C23H26N2O4.C22H23ClF3N3O3/c1-11-8-12(2)17(13(3)9-11)18-16(30)10-15(21(18)31)6-7-27-22(32)20-19(23(24,25)26)14(4)28-29(20)5;1-12-8-13(2)20(14(3)9-12)21-18(26)10-16(22(21)27)6-7-24-23(28)17-11-19(29-25-17)15-4-5-15;1-10-7-11(2)15(12(3)8-10)16-14(30)9-13(19(16)31)5-6-27-21(32)18-17(23)20(22(24,25)26)28-29(18)4/h8-9,15,18H,6-7,10H2,1-5H3,(H,27,32);8-9,11,15-16,21H,4-7,10H2,1-3H3,(H,24,28);7-8,13,16H,5-6,9H2,1-4H3,(H,27,32). The van der Waals surface area contributed by atoms with Crippen molar-refractivity contribution in [1.29, 1.82) is 0 Å². The van der Waals surface area contributed by atoms with E-state index in [1.54, 1.807) is 6.07 Å². The third-order valence-electron chi connectivity index (χ3n) is 17.7. The van der Waals surface area contributed by atoms with Crippen LogP contribution in [0.4, 0.5) is 26.3 Å². The molecule has 10 rings (SSSR count). The van der Waals surface area contributed by atoms with Crippen LogP contribution in [0.25, 0.3) is 0 Å². The number of alkyl halides is 6. The van der Waals surface area contributed by atoms with Crippen LogP contribution in [-0.4, -0.2) is 96.8 Å². The average Bonchev–Trinajstić information content (AvgIpc) is 1.94. The topological polar surface area (TPSA) is 251 Å². The lowest BCUT2D eigenvalue weighted by Gasteiger charge is -2.16. The normalized spacial score (nSPS) is 19.8. The molecule has 3 aromatic carbocycles. The molecule has 496 valence electrons. The van der Waals surface area contributed by atoms with Crippen LogP contribution in [0.3, 0.4) is 0 Å². The first-order valence-corrected chi connectivity index (χ1v) is 31.0. The van der Waals surface area contributed by atoms with Gasteiger partial charge in [-0.1, -0.05) is 69.8 Å². The maximum atomic E-state index is 13.3. The van der Waals surface area contributed by atoms with Gasteiger partial charge in [-0.05, 0) is 151 Å². The quantitative estimate of drug-likeness (QED) is 0.0603. The molecule has 0 saturated heterocycles. The number of carbonyl (C=O) groups is 9. The summed E-state index contributed by atoms with van der Waals surface area (Å²) >= 11 is 5.72. The summed E-state index contributed by atoms with van der Waals surface area (Å²) in [7, 11) is 2.46. The van der Waals surface area contributed by atoms with E-state index in [-0.39, 0.29) is 103 Å². The van der Waals surface area contributed by atoms with E-state index in [4.69, 9.17) is 16.1 Å². The Balaban J connectivity index is 0.000000179. The molecule has 3 aromatic heterocycles. The molecular weight excluding hydrogens is 1240 g/mol. The summed E-state index contributed by atoms with van der Waals surface area (Å²) in [6.07, 6.45) is -6.16. The average molecular weight is 1310 g/mol. The van der Waals surface area contributed by atoms with Gasteiger partial charge in [0.1, 0.15) is 62.8 Å². The van der Waals surface area contributed by atoms with E-state index in [0.29, 0.717) is 18.9 Å². The van der Waals surface area contributed by atoms with Gasteiger partial charge < -0.3 is 20.5 Å². The Bertz CT molecular complexity index is 3940. The van der Waals surface area contributed by atoms with Crippen LogP contribution in [0.2, 0.25) is 5.02 Å². The molecule has 4 fully saturated rings. The summed E-state index contributed by atoms with van der Waals surface area (Å²) in [4.78, 5) is 114. The maximum Gasteiger partial charge on any atom is 0.436 e. The summed E-state index contributed by atoms with van der Waals surface area (Å²) < 4.78 is 85.7. The molecule has 25 heteroatoms. The first-order valence-electron chi connectivity index (χ1n) is 30.6. The number of rotatable bonds is 16. The largest absolute Gasteiger partial charge is 0.436 e. The van der Waals surface area contributed by atoms with Crippen molar-refractivity contribution in [3.05, 3.63) is 154 Å². The minimum absolute atomic E-state index is 0.00393. The van der Waals surface area contributed by atoms with Gasteiger partial charge in [0, 0.05) is 82.7 Å². The summed E-state index contributed by atoms with van der Waals surface area (Å²) in [5, 5.41) is 17.7. The number of amides is 3. The van der Waals surface area contributed by atoms with Crippen molar-refractivity contribution in [3.63, 3.8) is 0 Å². The minimum atomic E-state index is -4.79. The van der Waals surface area contributed by atoms with Crippen molar-refractivity contribution in [3.8, 4) is 0 Å². The van der Waals surface area contributed by atoms with Gasteiger partial charge in [0.15, 0.2) is 28.7 Å². The summed E-state index contributed by atoms with van der Waals surface area (Å²) in [6.45, 7) is 18.8. The number of halogens is 7. The predicted molar refractivity (Wildman–Crippen MR) is 330 cm³/mol. The Labute approximate surface area is 538 Å². The van der Waals surface area contributed by atoms with Crippen LogP contribution < -0.4 is 16.0 Å². The molecule has 3 heterocycles. The predicted octanol–water partition coefficient (Wildman–Crippen LogP) is 11.4. The summed E-state index contributed by atoms with van der Waals surface area (Å²) in [6, 6.07) is 13.5. The van der Waals surface area contributed by atoms with E-state index in [0.717, 1.165) is 94.7 Å². The highest BCUT2D eigenvalue weighted by Crippen LogP contribution is 2.43.